The Labute approximate surface area is 281 Å². The fourth-order valence-electron chi connectivity index (χ4n) is 7.85. The molecule has 1 N–H and O–H groups in total. The molecule has 1 amide bonds. The number of hydrogen-bond donors (Lipinski definition) is 1. The van der Waals surface area contributed by atoms with Gasteiger partial charge in [-0.2, -0.15) is 0 Å². The molecule has 1 unspecified atom stereocenters. The van der Waals surface area contributed by atoms with Crippen molar-refractivity contribution in [3.05, 3.63) is 114 Å². The summed E-state index contributed by atoms with van der Waals surface area (Å²) in [5.74, 6) is 0.635. The predicted molar refractivity (Wildman–Crippen MR) is 191 cm³/mol. The molecule has 1 saturated carbocycles. The van der Waals surface area contributed by atoms with Crippen LogP contribution in [0.4, 0.5) is 0 Å². The maximum atomic E-state index is 13.6. The van der Waals surface area contributed by atoms with Crippen LogP contribution < -0.4 is 4.72 Å². The van der Waals surface area contributed by atoms with Gasteiger partial charge in [0.15, 0.2) is 0 Å². The van der Waals surface area contributed by atoms with Crippen LogP contribution in [0.15, 0.2) is 108 Å². The SMILES string of the molecule is CN(CCCC1CCC(Cc2ccccc2)(N2CCCC2)CC1)C(=O)CC(NS(=O)(=O)c1ccc2ccccc2c1)c1ccccc1. The smallest absolute Gasteiger partial charge is 0.241 e. The summed E-state index contributed by atoms with van der Waals surface area (Å²) in [6.07, 6.45) is 10.9. The number of sulfonamides is 1. The van der Waals surface area contributed by atoms with Gasteiger partial charge in [0.25, 0.3) is 0 Å². The van der Waals surface area contributed by atoms with Gasteiger partial charge in [0, 0.05) is 25.6 Å². The molecule has 1 atom stereocenters. The van der Waals surface area contributed by atoms with Crippen molar-refractivity contribution >= 4 is 26.7 Å². The number of carbonyl (C=O) groups is 1. The average molecular weight is 652 g/mol. The molecule has 6 rings (SSSR count). The lowest BCUT2D eigenvalue weighted by atomic mass is 9.71. The van der Waals surface area contributed by atoms with E-state index < -0.39 is 16.1 Å². The first-order valence-corrected chi connectivity index (χ1v) is 18.9. The highest BCUT2D eigenvalue weighted by Gasteiger charge is 2.41. The van der Waals surface area contributed by atoms with E-state index in [9.17, 15) is 13.2 Å². The number of carbonyl (C=O) groups excluding carboxylic acids is 1. The van der Waals surface area contributed by atoms with Crippen molar-refractivity contribution in [3.63, 3.8) is 0 Å². The van der Waals surface area contributed by atoms with Gasteiger partial charge in [0.1, 0.15) is 0 Å². The molecule has 4 aromatic carbocycles. The third-order valence-corrected chi connectivity index (χ3v) is 12.1. The number of rotatable bonds is 13. The van der Waals surface area contributed by atoms with Crippen molar-refractivity contribution < 1.29 is 13.2 Å². The van der Waals surface area contributed by atoms with Crippen molar-refractivity contribution in [2.45, 2.75) is 80.7 Å². The summed E-state index contributed by atoms with van der Waals surface area (Å²) in [6, 6.07) is 32.6. The Balaban J connectivity index is 1.04. The Bertz CT molecular complexity index is 1710. The van der Waals surface area contributed by atoms with Crippen LogP contribution in [-0.4, -0.2) is 56.3 Å². The zero-order valence-electron chi connectivity index (χ0n) is 27.7. The molecule has 6 nitrogen and oxygen atoms in total. The minimum atomic E-state index is -3.86. The lowest BCUT2D eigenvalue weighted by Gasteiger charge is -2.47. The van der Waals surface area contributed by atoms with Crippen LogP contribution >= 0.6 is 0 Å². The molecule has 0 spiro atoms. The van der Waals surface area contributed by atoms with Gasteiger partial charge >= 0.3 is 0 Å². The maximum absolute atomic E-state index is 13.6. The lowest BCUT2D eigenvalue weighted by Crippen LogP contribution is -2.51. The summed E-state index contributed by atoms with van der Waals surface area (Å²) in [5.41, 5.74) is 2.51. The van der Waals surface area contributed by atoms with Crippen LogP contribution in [0.5, 0.6) is 0 Å². The van der Waals surface area contributed by atoms with Gasteiger partial charge in [-0.15, -0.1) is 0 Å². The van der Waals surface area contributed by atoms with Gasteiger partial charge in [-0.05, 0) is 111 Å². The minimum Gasteiger partial charge on any atom is -0.346 e. The molecule has 1 aliphatic heterocycles. The highest BCUT2D eigenvalue weighted by atomic mass is 32.2. The number of likely N-dealkylation sites (tertiary alicyclic amines) is 1. The van der Waals surface area contributed by atoms with Crippen LogP contribution in [0.3, 0.4) is 0 Å². The largest absolute Gasteiger partial charge is 0.346 e. The summed E-state index contributed by atoms with van der Waals surface area (Å²) in [5, 5.41) is 1.84. The van der Waals surface area contributed by atoms with Crippen LogP contribution in [0, 0.1) is 5.92 Å². The molecule has 7 heteroatoms. The first-order valence-electron chi connectivity index (χ1n) is 17.4. The number of fused-ring (bicyclic) bond motifs is 1. The fourth-order valence-corrected chi connectivity index (χ4v) is 9.11. The van der Waals surface area contributed by atoms with Crippen molar-refractivity contribution in [2.75, 3.05) is 26.7 Å². The Morgan fingerprint density at radius 3 is 2.21 bits per heavy atom. The van der Waals surface area contributed by atoms with Crippen LogP contribution in [0.2, 0.25) is 0 Å². The van der Waals surface area contributed by atoms with Gasteiger partial charge in [-0.3, -0.25) is 9.69 Å². The number of hydrogen-bond acceptors (Lipinski definition) is 4. The van der Waals surface area contributed by atoms with E-state index in [2.05, 4.69) is 40.0 Å². The summed E-state index contributed by atoms with van der Waals surface area (Å²) in [4.78, 5) is 18.3. The maximum Gasteiger partial charge on any atom is 0.241 e. The van der Waals surface area contributed by atoms with Gasteiger partial charge < -0.3 is 4.90 Å². The topological polar surface area (TPSA) is 69.7 Å². The standard InChI is InChI=1S/C40H49N3O3S/c1-42(26-12-15-32-22-24-40(25-23-32,43-27-10-11-28-43)31-33-13-4-2-5-14-33)39(44)30-38(35-17-6-3-7-18-35)41-47(45,46)37-21-20-34-16-8-9-19-36(34)29-37/h2-9,13-14,16-21,29,32,38,41H,10-12,15,22-28,30-31H2,1H3. The Morgan fingerprint density at radius 1 is 0.872 bits per heavy atom. The Morgan fingerprint density at radius 2 is 1.51 bits per heavy atom. The number of nitrogens with zero attached hydrogens (tertiary/aromatic N) is 2. The van der Waals surface area contributed by atoms with Crippen LogP contribution in [0.25, 0.3) is 10.8 Å². The average Bonchev–Trinajstić information content (AvgIpc) is 3.65. The van der Waals surface area contributed by atoms with Gasteiger partial charge in [-0.1, -0.05) is 91.0 Å². The van der Waals surface area contributed by atoms with E-state index in [0.29, 0.717) is 12.5 Å². The first kappa shape index (κ1) is 33.4. The normalized spacial score (nSPS) is 21.1. The highest BCUT2D eigenvalue weighted by molar-refractivity contribution is 7.89. The van der Waals surface area contributed by atoms with Gasteiger partial charge in [-0.25, -0.2) is 13.1 Å². The van der Waals surface area contributed by atoms with E-state index in [1.807, 2.05) is 67.7 Å². The van der Waals surface area contributed by atoms with Crippen molar-refractivity contribution in [1.82, 2.24) is 14.5 Å². The number of nitrogens with one attached hydrogen (secondary N) is 1. The van der Waals surface area contributed by atoms with E-state index in [0.717, 1.165) is 35.6 Å². The van der Waals surface area contributed by atoms with Crippen LogP contribution in [-0.2, 0) is 21.2 Å². The zero-order chi connectivity index (χ0) is 32.7. The molecule has 0 radical (unpaired) electrons. The second-order valence-corrected chi connectivity index (χ2v) is 15.5. The number of amides is 1. The van der Waals surface area contributed by atoms with E-state index in [-0.39, 0.29) is 22.8 Å². The molecule has 1 aliphatic carbocycles. The lowest BCUT2D eigenvalue weighted by molar-refractivity contribution is -0.130. The van der Waals surface area contributed by atoms with E-state index in [4.69, 9.17) is 0 Å². The molecule has 47 heavy (non-hydrogen) atoms. The minimum absolute atomic E-state index is 0.0559. The van der Waals surface area contributed by atoms with Crippen molar-refractivity contribution in [1.29, 1.82) is 0 Å². The molecule has 0 aromatic heterocycles. The fraction of sp³-hybridized carbons (Fsp3) is 0.425. The molecular weight excluding hydrogens is 603 g/mol. The third-order valence-electron chi connectivity index (χ3n) is 10.6. The summed E-state index contributed by atoms with van der Waals surface area (Å²) >= 11 is 0. The second kappa shape index (κ2) is 15.1. The van der Waals surface area contributed by atoms with Crippen molar-refractivity contribution in [2.24, 2.45) is 5.92 Å². The molecule has 4 aromatic rings. The van der Waals surface area contributed by atoms with E-state index >= 15 is 0 Å². The van der Waals surface area contributed by atoms with E-state index in [1.165, 1.54) is 57.2 Å². The van der Waals surface area contributed by atoms with Gasteiger partial charge in [0.2, 0.25) is 15.9 Å². The second-order valence-electron chi connectivity index (χ2n) is 13.8. The molecular formula is C40H49N3O3S. The van der Waals surface area contributed by atoms with E-state index in [1.54, 1.807) is 17.0 Å². The zero-order valence-corrected chi connectivity index (χ0v) is 28.5. The predicted octanol–water partition coefficient (Wildman–Crippen LogP) is 7.76. The number of benzene rings is 4. The third kappa shape index (κ3) is 8.32. The monoisotopic (exact) mass is 651 g/mol. The highest BCUT2D eigenvalue weighted by Crippen LogP contribution is 2.42. The Kier molecular flexibility index (Phi) is 10.8. The van der Waals surface area contributed by atoms with Gasteiger partial charge in [0.05, 0.1) is 10.9 Å². The molecule has 2 fully saturated rings. The summed E-state index contributed by atoms with van der Waals surface area (Å²) in [7, 11) is -2.01. The summed E-state index contributed by atoms with van der Waals surface area (Å²) in [6.45, 7) is 3.13. The molecule has 2 aliphatic rings. The summed E-state index contributed by atoms with van der Waals surface area (Å²) < 4.78 is 30.0. The molecule has 248 valence electrons. The molecule has 1 saturated heterocycles. The molecule has 0 bridgehead atoms. The van der Waals surface area contributed by atoms with Crippen molar-refractivity contribution in [3.8, 4) is 0 Å². The Hall–Kier alpha value is -3.52. The van der Waals surface area contributed by atoms with Crippen LogP contribution in [0.1, 0.15) is 75.0 Å². The molecule has 1 heterocycles. The quantitative estimate of drug-likeness (QED) is 0.161. The first-order chi connectivity index (χ1) is 22.8.